The molecule has 2 heteroatoms. The zero-order valence-electron chi connectivity index (χ0n) is 9.42. The molecule has 78 valence electrons. The third-order valence-corrected chi connectivity index (χ3v) is 2.96. The third kappa shape index (κ3) is 4.63. The van der Waals surface area contributed by atoms with Gasteiger partial charge in [0.2, 0.25) is 0 Å². The molecule has 0 amide bonds. The van der Waals surface area contributed by atoms with Gasteiger partial charge in [0.1, 0.15) is 0 Å². The predicted molar refractivity (Wildman–Crippen MR) is 58.0 cm³/mol. The maximum Gasteiger partial charge on any atom is -0.000655 e. The van der Waals surface area contributed by atoms with Crippen molar-refractivity contribution in [2.75, 3.05) is 40.3 Å². The average Bonchev–Trinajstić information content (AvgIpc) is 2.08. The van der Waals surface area contributed by atoms with Crippen molar-refractivity contribution >= 4 is 0 Å². The summed E-state index contributed by atoms with van der Waals surface area (Å²) in [5.74, 6) is 0.963. The fourth-order valence-corrected chi connectivity index (χ4v) is 1.90. The predicted octanol–water partition coefficient (Wildman–Crippen LogP) is 1.67. The van der Waals surface area contributed by atoms with Gasteiger partial charge in [-0.05, 0) is 65.5 Å². The van der Waals surface area contributed by atoms with Crippen molar-refractivity contribution in [3.8, 4) is 0 Å². The van der Waals surface area contributed by atoms with E-state index in [0.29, 0.717) is 0 Å². The molecule has 0 aromatic carbocycles. The molecule has 0 aromatic rings. The van der Waals surface area contributed by atoms with E-state index < -0.39 is 0 Å². The molecule has 0 radical (unpaired) electrons. The number of nitrogens with zero attached hydrogens (tertiary/aromatic N) is 2. The van der Waals surface area contributed by atoms with Gasteiger partial charge < -0.3 is 9.80 Å². The minimum Gasteiger partial charge on any atom is -0.309 e. The largest absolute Gasteiger partial charge is 0.309 e. The molecule has 0 spiro atoms. The van der Waals surface area contributed by atoms with Gasteiger partial charge in [-0.3, -0.25) is 0 Å². The second-order valence-electron chi connectivity index (χ2n) is 4.68. The second kappa shape index (κ2) is 5.61. The molecule has 2 nitrogen and oxygen atoms in total. The van der Waals surface area contributed by atoms with Gasteiger partial charge in [-0.25, -0.2) is 0 Å². The van der Waals surface area contributed by atoms with Crippen molar-refractivity contribution in [3.05, 3.63) is 0 Å². The molecular formula is C11H24N2. The quantitative estimate of drug-likeness (QED) is 0.656. The number of likely N-dealkylation sites (tertiary alicyclic amines) is 1. The molecule has 0 unspecified atom stereocenters. The molecule has 1 fully saturated rings. The van der Waals surface area contributed by atoms with Crippen LogP contribution in [0, 0.1) is 5.92 Å². The Bertz CT molecular complexity index is 126. The molecular weight excluding hydrogens is 160 g/mol. The molecule has 0 bridgehead atoms. The Balaban J connectivity index is 2.02. The molecule has 1 aliphatic rings. The van der Waals surface area contributed by atoms with E-state index in [9.17, 15) is 0 Å². The summed E-state index contributed by atoms with van der Waals surface area (Å²) in [4.78, 5) is 4.88. The molecule has 1 heterocycles. The molecule has 1 saturated heterocycles. The molecule has 0 aliphatic carbocycles. The van der Waals surface area contributed by atoms with Crippen molar-refractivity contribution < 1.29 is 0 Å². The van der Waals surface area contributed by atoms with Crippen LogP contribution in [0.2, 0.25) is 0 Å². The smallest absolute Gasteiger partial charge is 0.000655 e. The first-order chi connectivity index (χ1) is 6.18. The van der Waals surface area contributed by atoms with Crippen molar-refractivity contribution in [1.82, 2.24) is 9.80 Å². The first-order valence-corrected chi connectivity index (χ1v) is 5.55. The summed E-state index contributed by atoms with van der Waals surface area (Å²) >= 11 is 0. The number of rotatable bonds is 4. The highest BCUT2D eigenvalue weighted by molar-refractivity contribution is 4.69. The van der Waals surface area contributed by atoms with E-state index in [1.807, 2.05) is 0 Å². The summed E-state index contributed by atoms with van der Waals surface area (Å²) in [6.45, 7) is 7.55. The summed E-state index contributed by atoms with van der Waals surface area (Å²) in [6.07, 6.45) is 4.13. The van der Waals surface area contributed by atoms with Gasteiger partial charge in [0.25, 0.3) is 0 Å². The highest BCUT2D eigenvalue weighted by atomic mass is 15.1. The Morgan fingerprint density at radius 2 is 1.85 bits per heavy atom. The highest BCUT2D eigenvalue weighted by Gasteiger charge is 2.14. The Kier molecular flexibility index (Phi) is 4.74. The zero-order chi connectivity index (χ0) is 9.68. The first kappa shape index (κ1) is 11.0. The van der Waals surface area contributed by atoms with E-state index in [-0.39, 0.29) is 0 Å². The van der Waals surface area contributed by atoms with Crippen LogP contribution in [-0.4, -0.2) is 50.1 Å². The standard InChI is InChI=1S/C11H24N2/c1-11-5-9-13(10-6-11)8-4-7-12(2)3/h11H,4-10H2,1-3H3. The number of hydrogen-bond acceptors (Lipinski definition) is 2. The second-order valence-corrected chi connectivity index (χ2v) is 4.68. The maximum atomic E-state index is 2.61. The Morgan fingerprint density at radius 1 is 1.23 bits per heavy atom. The number of piperidine rings is 1. The molecule has 0 N–H and O–H groups in total. The van der Waals surface area contributed by atoms with E-state index in [0.717, 1.165) is 5.92 Å². The van der Waals surface area contributed by atoms with Crippen LogP contribution in [0.25, 0.3) is 0 Å². The van der Waals surface area contributed by atoms with Crippen LogP contribution in [0.4, 0.5) is 0 Å². The normalized spacial score (nSPS) is 21.2. The molecule has 0 saturated carbocycles. The van der Waals surface area contributed by atoms with Crippen molar-refractivity contribution in [2.24, 2.45) is 5.92 Å². The lowest BCUT2D eigenvalue weighted by molar-refractivity contribution is 0.185. The third-order valence-electron chi connectivity index (χ3n) is 2.96. The maximum absolute atomic E-state index is 2.61. The van der Waals surface area contributed by atoms with Crippen LogP contribution in [0.3, 0.4) is 0 Å². The van der Waals surface area contributed by atoms with Gasteiger partial charge in [0, 0.05) is 0 Å². The fraction of sp³-hybridized carbons (Fsp3) is 1.00. The summed E-state index contributed by atoms with van der Waals surface area (Å²) in [5, 5.41) is 0. The summed E-state index contributed by atoms with van der Waals surface area (Å²) in [7, 11) is 4.30. The van der Waals surface area contributed by atoms with Crippen LogP contribution in [0.5, 0.6) is 0 Å². The monoisotopic (exact) mass is 184 g/mol. The Morgan fingerprint density at radius 3 is 2.38 bits per heavy atom. The topological polar surface area (TPSA) is 6.48 Å². The summed E-state index contributed by atoms with van der Waals surface area (Å²) in [6, 6.07) is 0. The molecule has 0 atom stereocenters. The minimum atomic E-state index is 0.963. The van der Waals surface area contributed by atoms with Crippen molar-refractivity contribution in [1.29, 1.82) is 0 Å². The van der Waals surface area contributed by atoms with E-state index in [1.165, 1.54) is 45.4 Å². The van der Waals surface area contributed by atoms with E-state index in [2.05, 4.69) is 30.8 Å². The van der Waals surface area contributed by atoms with E-state index in [4.69, 9.17) is 0 Å². The highest BCUT2D eigenvalue weighted by Crippen LogP contribution is 2.15. The van der Waals surface area contributed by atoms with Gasteiger partial charge >= 0.3 is 0 Å². The molecule has 1 rings (SSSR count). The number of hydrogen-bond donors (Lipinski definition) is 0. The van der Waals surface area contributed by atoms with Gasteiger partial charge in [-0.2, -0.15) is 0 Å². The van der Waals surface area contributed by atoms with Gasteiger partial charge in [-0.15, -0.1) is 0 Å². The van der Waals surface area contributed by atoms with E-state index in [1.54, 1.807) is 0 Å². The SMILES string of the molecule is CC1CCN(CCCN(C)C)CC1. The Labute approximate surface area is 82.9 Å². The lowest BCUT2D eigenvalue weighted by Crippen LogP contribution is -2.34. The first-order valence-electron chi connectivity index (χ1n) is 5.55. The fourth-order valence-electron chi connectivity index (χ4n) is 1.90. The van der Waals surface area contributed by atoms with Crippen LogP contribution in [-0.2, 0) is 0 Å². The molecule has 13 heavy (non-hydrogen) atoms. The summed E-state index contributed by atoms with van der Waals surface area (Å²) < 4.78 is 0. The van der Waals surface area contributed by atoms with Crippen LogP contribution < -0.4 is 0 Å². The van der Waals surface area contributed by atoms with Gasteiger partial charge in [-0.1, -0.05) is 6.92 Å². The Hall–Kier alpha value is -0.0800. The van der Waals surface area contributed by atoms with Crippen LogP contribution in [0.1, 0.15) is 26.2 Å². The molecule has 0 aromatic heterocycles. The average molecular weight is 184 g/mol. The lowest BCUT2D eigenvalue weighted by atomic mass is 9.99. The van der Waals surface area contributed by atoms with Gasteiger partial charge in [0.15, 0.2) is 0 Å². The van der Waals surface area contributed by atoms with Crippen LogP contribution >= 0.6 is 0 Å². The van der Waals surface area contributed by atoms with E-state index >= 15 is 0 Å². The molecule has 1 aliphatic heterocycles. The zero-order valence-corrected chi connectivity index (χ0v) is 9.42. The van der Waals surface area contributed by atoms with Crippen molar-refractivity contribution in [3.63, 3.8) is 0 Å². The minimum absolute atomic E-state index is 0.963. The summed E-state index contributed by atoms with van der Waals surface area (Å²) in [5.41, 5.74) is 0. The lowest BCUT2D eigenvalue weighted by Gasteiger charge is -2.30. The van der Waals surface area contributed by atoms with Crippen molar-refractivity contribution in [2.45, 2.75) is 26.2 Å². The van der Waals surface area contributed by atoms with Gasteiger partial charge in [0.05, 0.1) is 0 Å². The van der Waals surface area contributed by atoms with Crippen LogP contribution in [0.15, 0.2) is 0 Å².